The Morgan fingerprint density at radius 2 is 2.27 bits per heavy atom. The van der Waals surface area contributed by atoms with Gasteiger partial charge in [-0.3, -0.25) is 9.59 Å². The lowest BCUT2D eigenvalue weighted by Crippen LogP contribution is -2.14. The van der Waals surface area contributed by atoms with E-state index in [4.69, 9.17) is 15.7 Å². The van der Waals surface area contributed by atoms with Gasteiger partial charge in [0.25, 0.3) is 0 Å². The van der Waals surface area contributed by atoms with Gasteiger partial charge in [0, 0.05) is 5.56 Å². The molecule has 1 rings (SSSR count). The van der Waals surface area contributed by atoms with Gasteiger partial charge < -0.3 is 10.5 Å². The summed E-state index contributed by atoms with van der Waals surface area (Å²) in [5.41, 5.74) is 5.12. The zero-order valence-electron chi connectivity index (χ0n) is 7.98. The van der Waals surface area contributed by atoms with Crippen LogP contribution in [0.15, 0.2) is 12.1 Å². The minimum atomic E-state index is -0.770. The highest BCUT2D eigenvalue weighted by atomic mass is 16.5. The molecule has 0 bridgehead atoms. The van der Waals surface area contributed by atoms with Crippen molar-refractivity contribution in [2.75, 3.05) is 7.11 Å². The largest absolute Gasteiger partial charge is 0.497 e. The third kappa shape index (κ3) is 1.94. The van der Waals surface area contributed by atoms with E-state index in [1.54, 1.807) is 6.07 Å². The van der Waals surface area contributed by atoms with Crippen LogP contribution >= 0.6 is 0 Å². The number of aldehydes is 1. The van der Waals surface area contributed by atoms with Gasteiger partial charge >= 0.3 is 0 Å². The molecule has 0 saturated heterocycles. The highest BCUT2D eigenvalue weighted by molar-refractivity contribution is 5.98. The number of hydrogen-bond acceptors (Lipinski definition) is 4. The van der Waals surface area contributed by atoms with Gasteiger partial charge in [-0.1, -0.05) is 0 Å². The van der Waals surface area contributed by atoms with Crippen molar-refractivity contribution in [3.8, 4) is 11.8 Å². The molecule has 5 nitrogen and oxygen atoms in total. The van der Waals surface area contributed by atoms with Crippen molar-refractivity contribution in [3.63, 3.8) is 0 Å². The summed E-state index contributed by atoms with van der Waals surface area (Å²) in [5, 5.41) is 8.79. The molecular weight excluding hydrogens is 196 g/mol. The highest BCUT2D eigenvalue weighted by Gasteiger charge is 2.14. The summed E-state index contributed by atoms with van der Waals surface area (Å²) in [6, 6.07) is 4.46. The molecule has 0 radical (unpaired) electrons. The number of rotatable bonds is 3. The number of carbonyl (C=O) groups excluding carboxylic acids is 2. The van der Waals surface area contributed by atoms with E-state index in [1.165, 1.54) is 19.2 Å². The number of ether oxygens (including phenoxy) is 1. The summed E-state index contributed by atoms with van der Waals surface area (Å²) in [6.07, 6.45) is 0.480. The summed E-state index contributed by atoms with van der Waals surface area (Å²) < 4.78 is 4.87. The number of methoxy groups -OCH3 is 1. The van der Waals surface area contributed by atoms with Crippen molar-refractivity contribution >= 4 is 12.2 Å². The molecule has 0 spiro atoms. The second-order valence-electron chi connectivity index (χ2n) is 2.73. The summed E-state index contributed by atoms with van der Waals surface area (Å²) in [6.45, 7) is 0. The van der Waals surface area contributed by atoms with Crippen molar-refractivity contribution in [1.29, 1.82) is 5.26 Å². The summed E-state index contributed by atoms with van der Waals surface area (Å²) in [7, 11) is 1.39. The fraction of sp³-hybridized carbons (Fsp3) is 0.100. The third-order valence-corrected chi connectivity index (χ3v) is 1.88. The van der Waals surface area contributed by atoms with Crippen LogP contribution in [0.1, 0.15) is 26.3 Å². The summed E-state index contributed by atoms with van der Waals surface area (Å²) in [5.74, 6) is -0.460. The summed E-state index contributed by atoms with van der Waals surface area (Å²) in [4.78, 5) is 21.7. The Balaban J connectivity index is 3.54. The molecule has 0 aliphatic rings. The molecule has 0 saturated carbocycles. The van der Waals surface area contributed by atoms with Crippen LogP contribution in [-0.2, 0) is 0 Å². The predicted octanol–water partition coefficient (Wildman–Crippen LogP) is 0.478. The van der Waals surface area contributed by atoms with Crippen LogP contribution < -0.4 is 10.5 Å². The standard InChI is InChI=1S/C10H8N2O3/c1-15-7-2-6(5-13)9(4-11)8(3-7)10(12)14/h2-3,5H,1H3,(H2,12,14). The molecule has 76 valence electrons. The average Bonchev–Trinajstić information content (AvgIpc) is 2.26. The SMILES string of the molecule is COc1cc(C=O)c(C#N)c(C(N)=O)c1. The van der Waals surface area contributed by atoms with E-state index in [0.29, 0.717) is 12.0 Å². The summed E-state index contributed by atoms with van der Waals surface area (Å²) >= 11 is 0. The fourth-order valence-corrected chi connectivity index (χ4v) is 1.17. The Morgan fingerprint density at radius 1 is 1.60 bits per heavy atom. The lowest BCUT2D eigenvalue weighted by atomic mass is 10.0. The van der Waals surface area contributed by atoms with Crippen molar-refractivity contribution < 1.29 is 14.3 Å². The van der Waals surface area contributed by atoms with Crippen LogP contribution in [0.3, 0.4) is 0 Å². The van der Waals surface area contributed by atoms with Crippen LogP contribution in [0.25, 0.3) is 0 Å². The maximum Gasteiger partial charge on any atom is 0.250 e. The molecular formula is C10H8N2O3. The number of amides is 1. The van der Waals surface area contributed by atoms with E-state index < -0.39 is 5.91 Å². The molecule has 1 aromatic rings. The number of nitrogens with zero attached hydrogens (tertiary/aromatic N) is 1. The van der Waals surface area contributed by atoms with Crippen molar-refractivity contribution in [3.05, 3.63) is 28.8 Å². The Kier molecular flexibility index (Phi) is 3.03. The molecule has 15 heavy (non-hydrogen) atoms. The molecule has 0 aliphatic heterocycles. The normalized spacial score (nSPS) is 9.07. The average molecular weight is 204 g/mol. The highest BCUT2D eigenvalue weighted by Crippen LogP contribution is 2.20. The number of hydrogen-bond donors (Lipinski definition) is 1. The van der Waals surface area contributed by atoms with Gasteiger partial charge in [-0.05, 0) is 12.1 Å². The quantitative estimate of drug-likeness (QED) is 0.724. The van der Waals surface area contributed by atoms with Crippen molar-refractivity contribution in [2.24, 2.45) is 5.73 Å². The first-order chi connectivity index (χ1) is 7.13. The van der Waals surface area contributed by atoms with E-state index >= 15 is 0 Å². The van der Waals surface area contributed by atoms with Gasteiger partial charge in [-0.15, -0.1) is 0 Å². The number of nitrogens with two attached hydrogens (primary N) is 1. The lowest BCUT2D eigenvalue weighted by molar-refractivity contribution is 0.0999. The van der Waals surface area contributed by atoms with Gasteiger partial charge in [-0.2, -0.15) is 5.26 Å². The zero-order chi connectivity index (χ0) is 11.4. The molecule has 1 amide bonds. The third-order valence-electron chi connectivity index (χ3n) is 1.88. The Bertz CT molecular complexity index is 460. The predicted molar refractivity (Wildman–Crippen MR) is 51.6 cm³/mol. The monoisotopic (exact) mass is 204 g/mol. The molecule has 0 aliphatic carbocycles. The van der Waals surface area contributed by atoms with Crippen LogP contribution in [-0.4, -0.2) is 19.3 Å². The number of primary amides is 1. The zero-order valence-corrected chi connectivity index (χ0v) is 7.98. The first-order valence-electron chi connectivity index (χ1n) is 4.01. The molecule has 0 atom stereocenters. The number of carbonyl (C=O) groups is 2. The van der Waals surface area contributed by atoms with E-state index in [2.05, 4.69) is 0 Å². The first kappa shape index (κ1) is 10.7. The maximum absolute atomic E-state index is 11.0. The van der Waals surface area contributed by atoms with Crippen LogP contribution in [0.2, 0.25) is 0 Å². The van der Waals surface area contributed by atoms with Crippen LogP contribution in [0.5, 0.6) is 5.75 Å². The van der Waals surface area contributed by atoms with Crippen LogP contribution in [0.4, 0.5) is 0 Å². The van der Waals surface area contributed by atoms with Crippen LogP contribution in [0, 0.1) is 11.3 Å². The maximum atomic E-state index is 11.0. The van der Waals surface area contributed by atoms with E-state index in [1.807, 2.05) is 0 Å². The van der Waals surface area contributed by atoms with Crippen molar-refractivity contribution in [1.82, 2.24) is 0 Å². The van der Waals surface area contributed by atoms with Gasteiger partial charge in [0.15, 0.2) is 6.29 Å². The Labute approximate surface area is 86.1 Å². The van der Waals surface area contributed by atoms with E-state index in [-0.39, 0.29) is 16.7 Å². The topological polar surface area (TPSA) is 93.2 Å². The lowest BCUT2D eigenvalue weighted by Gasteiger charge is -2.06. The molecule has 1 aromatic carbocycles. The Morgan fingerprint density at radius 3 is 2.67 bits per heavy atom. The van der Waals surface area contributed by atoms with Gasteiger partial charge in [0.2, 0.25) is 5.91 Å². The number of nitriles is 1. The molecule has 5 heteroatoms. The molecule has 0 aromatic heterocycles. The van der Waals surface area contributed by atoms with Gasteiger partial charge in [-0.25, -0.2) is 0 Å². The molecule has 0 heterocycles. The fourth-order valence-electron chi connectivity index (χ4n) is 1.17. The smallest absolute Gasteiger partial charge is 0.250 e. The molecule has 0 unspecified atom stereocenters. The first-order valence-corrected chi connectivity index (χ1v) is 4.01. The molecule has 0 fully saturated rings. The van der Waals surface area contributed by atoms with E-state index in [0.717, 1.165) is 0 Å². The second-order valence-corrected chi connectivity index (χ2v) is 2.73. The van der Waals surface area contributed by atoms with Gasteiger partial charge in [0.05, 0.1) is 18.2 Å². The van der Waals surface area contributed by atoms with Crippen molar-refractivity contribution in [2.45, 2.75) is 0 Å². The second kappa shape index (κ2) is 4.24. The molecule has 2 N–H and O–H groups in total. The Hall–Kier alpha value is -2.35. The van der Waals surface area contributed by atoms with Gasteiger partial charge in [0.1, 0.15) is 11.8 Å². The number of benzene rings is 1. The minimum Gasteiger partial charge on any atom is -0.497 e. The van der Waals surface area contributed by atoms with E-state index in [9.17, 15) is 9.59 Å². The minimum absolute atomic E-state index is 0.0149.